The van der Waals surface area contributed by atoms with Crippen LogP contribution in [0.4, 0.5) is 5.82 Å². The minimum atomic E-state index is -1.10. The van der Waals surface area contributed by atoms with Crippen molar-refractivity contribution < 1.29 is 24.2 Å². The standard InChI is InChI=1S/C29H32N4O5/c1-29(2,3)32-26-25(19-11-12-22(37-4)23(16-19)38-5)31-24-17-20(13-14-33(24)26)27(34)30-21(28(35)36)15-18-9-7-6-8-10-18/h6-14,16-17,21,32H,15H2,1-5H3,(H,30,34)(H,35,36). The fourth-order valence-electron chi connectivity index (χ4n) is 4.14. The van der Waals surface area contributed by atoms with Crippen LogP contribution in [0.15, 0.2) is 66.9 Å². The van der Waals surface area contributed by atoms with Gasteiger partial charge in [-0.1, -0.05) is 30.3 Å². The second-order valence-electron chi connectivity index (χ2n) is 9.95. The molecule has 1 unspecified atom stereocenters. The lowest BCUT2D eigenvalue weighted by Gasteiger charge is -2.23. The minimum Gasteiger partial charge on any atom is -0.493 e. The maximum absolute atomic E-state index is 13.1. The van der Waals surface area contributed by atoms with Crippen molar-refractivity contribution in [2.24, 2.45) is 0 Å². The van der Waals surface area contributed by atoms with E-state index >= 15 is 0 Å². The summed E-state index contributed by atoms with van der Waals surface area (Å²) in [4.78, 5) is 29.8. The molecule has 198 valence electrons. The Morgan fingerprint density at radius 1 is 1.00 bits per heavy atom. The van der Waals surface area contributed by atoms with Crippen LogP contribution in [0, 0.1) is 0 Å². The Bertz CT molecular complexity index is 1460. The van der Waals surface area contributed by atoms with Gasteiger partial charge in [-0.05, 0) is 56.7 Å². The summed E-state index contributed by atoms with van der Waals surface area (Å²) in [5, 5.41) is 15.9. The summed E-state index contributed by atoms with van der Waals surface area (Å²) >= 11 is 0. The number of hydrogen-bond donors (Lipinski definition) is 3. The second kappa shape index (κ2) is 10.8. The molecule has 0 fully saturated rings. The summed E-state index contributed by atoms with van der Waals surface area (Å²) < 4.78 is 12.7. The molecule has 9 heteroatoms. The van der Waals surface area contributed by atoms with Crippen molar-refractivity contribution in [3.63, 3.8) is 0 Å². The van der Waals surface area contributed by atoms with Gasteiger partial charge in [0, 0.05) is 29.3 Å². The van der Waals surface area contributed by atoms with Crippen molar-refractivity contribution in [3.05, 3.63) is 78.0 Å². The van der Waals surface area contributed by atoms with Gasteiger partial charge in [0.05, 0.1) is 14.2 Å². The van der Waals surface area contributed by atoms with E-state index in [1.54, 1.807) is 32.5 Å². The zero-order valence-electron chi connectivity index (χ0n) is 22.1. The molecule has 38 heavy (non-hydrogen) atoms. The lowest BCUT2D eigenvalue weighted by molar-refractivity contribution is -0.139. The third-order valence-corrected chi connectivity index (χ3v) is 5.92. The summed E-state index contributed by atoms with van der Waals surface area (Å²) in [6.07, 6.45) is 1.93. The Labute approximate surface area is 221 Å². The summed E-state index contributed by atoms with van der Waals surface area (Å²) in [5.74, 6) is 0.335. The molecule has 3 N–H and O–H groups in total. The number of carboxylic acids is 1. The molecule has 0 radical (unpaired) electrons. The number of amides is 1. The second-order valence-corrected chi connectivity index (χ2v) is 9.95. The lowest BCUT2D eigenvalue weighted by Crippen LogP contribution is -2.42. The fourth-order valence-corrected chi connectivity index (χ4v) is 4.14. The largest absolute Gasteiger partial charge is 0.493 e. The highest BCUT2D eigenvalue weighted by Crippen LogP contribution is 2.36. The molecule has 0 aliphatic carbocycles. The van der Waals surface area contributed by atoms with Crippen molar-refractivity contribution in [1.29, 1.82) is 0 Å². The van der Waals surface area contributed by atoms with Crippen LogP contribution in [0.5, 0.6) is 11.5 Å². The van der Waals surface area contributed by atoms with Gasteiger partial charge in [0.1, 0.15) is 23.2 Å². The van der Waals surface area contributed by atoms with Gasteiger partial charge in [0.25, 0.3) is 5.91 Å². The van der Waals surface area contributed by atoms with E-state index in [4.69, 9.17) is 14.5 Å². The van der Waals surface area contributed by atoms with E-state index in [0.29, 0.717) is 28.4 Å². The average Bonchev–Trinajstić information content (AvgIpc) is 3.24. The Balaban J connectivity index is 1.70. The highest BCUT2D eigenvalue weighted by molar-refractivity contribution is 5.97. The number of carboxylic acid groups (broad SMARTS) is 1. The van der Waals surface area contributed by atoms with Crippen molar-refractivity contribution >= 4 is 23.3 Å². The molecule has 2 heterocycles. The number of carbonyl (C=O) groups excluding carboxylic acids is 1. The number of benzene rings is 2. The van der Waals surface area contributed by atoms with Gasteiger partial charge in [-0.2, -0.15) is 0 Å². The van der Waals surface area contributed by atoms with E-state index in [1.807, 2.05) is 73.7 Å². The smallest absolute Gasteiger partial charge is 0.326 e. The summed E-state index contributed by atoms with van der Waals surface area (Å²) in [6.45, 7) is 6.14. The van der Waals surface area contributed by atoms with E-state index in [-0.39, 0.29) is 12.0 Å². The number of aliphatic carboxylic acids is 1. The SMILES string of the molecule is COc1ccc(-c2nc3cc(C(=O)NC(Cc4ccccc4)C(=O)O)ccn3c2NC(C)(C)C)cc1OC. The van der Waals surface area contributed by atoms with Crippen molar-refractivity contribution in [1.82, 2.24) is 14.7 Å². The summed E-state index contributed by atoms with van der Waals surface area (Å²) in [5.41, 5.74) is 2.86. The Hall–Kier alpha value is -4.53. The molecule has 1 amide bonds. The molecule has 4 rings (SSSR count). The number of aromatic nitrogens is 2. The van der Waals surface area contributed by atoms with Crippen LogP contribution in [0.2, 0.25) is 0 Å². The van der Waals surface area contributed by atoms with Crippen LogP contribution in [-0.4, -0.2) is 52.2 Å². The molecule has 1 atom stereocenters. The summed E-state index contributed by atoms with van der Waals surface area (Å²) in [7, 11) is 3.16. The van der Waals surface area contributed by atoms with Crippen molar-refractivity contribution in [2.45, 2.75) is 38.8 Å². The van der Waals surface area contributed by atoms with E-state index in [1.165, 1.54) is 0 Å². The number of hydrogen-bond acceptors (Lipinski definition) is 6. The third kappa shape index (κ3) is 5.88. The number of anilines is 1. The quantitative estimate of drug-likeness (QED) is 0.297. The fraction of sp³-hybridized carbons (Fsp3) is 0.276. The van der Waals surface area contributed by atoms with E-state index in [2.05, 4.69) is 10.6 Å². The monoisotopic (exact) mass is 516 g/mol. The number of fused-ring (bicyclic) bond motifs is 1. The molecule has 0 saturated heterocycles. The maximum Gasteiger partial charge on any atom is 0.326 e. The van der Waals surface area contributed by atoms with Crippen LogP contribution in [-0.2, 0) is 11.2 Å². The molecule has 2 aromatic heterocycles. The number of imidazole rings is 1. The first-order valence-electron chi connectivity index (χ1n) is 12.2. The number of pyridine rings is 1. The summed E-state index contributed by atoms with van der Waals surface area (Å²) in [6, 6.07) is 17.0. The zero-order valence-corrected chi connectivity index (χ0v) is 22.1. The Morgan fingerprint density at radius 2 is 1.71 bits per heavy atom. The van der Waals surface area contributed by atoms with Gasteiger partial charge < -0.3 is 25.2 Å². The molecular weight excluding hydrogens is 484 g/mol. The predicted octanol–water partition coefficient (Wildman–Crippen LogP) is 4.65. The van der Waals surface area contributed by atoms with Crippen LogP contribution >= 0.6 is 0 Å². The highest BCUT2D eigenvalue weighted by atomic mass is 16.5. The van der Waals surface area contributed by atoms with E-state index in [0.717, 1.165) is 16.9 Å². The first kappa shape index (κ1) is 26.5. The normalized spacial score (nSPS) is 12.1. The van der Waals surface area contributed by atoms with Gasteiger partial charge in [-0.3, -0.25) is 9.20 Å². The number of carbonyl (C=O) groups is 2. The molecule has 0 bridgehead atoms. The maximum atomic E-state index is 13.1. The molecule has 4 aromatic rings. The first-order chi connectivity index (χ1) is 18.1. The minimum absolute atomic E-state index is 0.177. The van der Waals surface area contributed by atoms with Gasteiger partial charge in [0.15, 0.2) is 11.5 Å². The van der Waals surface area contributed by atoms with E-state index in [9.17, 15) is 14.7 Å². The van der Waals surface area contributed by atoms with Crippen LogP contribution in [0.3, 0.4) is 0 Å². The Kier molecular flexibility index (Phi) is 7.57. The van der Waals surface area contributed by atoms with Crippen molar-refractivity contribution in [2.75, 3.05) is 19.5 Å². The van der Waals surface area contributed by atoms with Crippen LogP contribution < -0.4 is 20.1 Å². The molecule has 9 nitrogen and oxygen atoms in total. The molecular formula is C29H32N4O5. The van der Waals surface area contributed by atoms with Crippen molar-refractivity contribution in [3.8, 4) is 22.8 Å². The number of ether oxygens (including phenoxy) is 2. The van der Waals surface area contributed by atoms with Crippen LogP contribution in [0.1, 0.15) is 36.7 Å². The molecule has 2 aromatic carbocycles. The average molecular weight is 517 g/mol. The Morgan fingerprint density at radius 3 is 2.34 bits per heavy atom. The number of nitrogens with one attached hydrogen (secondary N) is 2. The van der Waals surface area contributed by atoms with Gasteiger partial charge in [0.2, 0.25) is 0 Å². The van der Waals surface area contributed by atoms with E-state index < -0.39 is 17.9 Å². The van der Waals surface area contributed by atoms with Crippen LogP contribution in [0.25, 0.3) is 16.9 Å². The molecule has 0 saturated carbocycles. The highest BCUT2D eigenvalue weighted by Gasteiger charge is 2.24. The molecule has 0 spiro atoms. The predicted molar refractivity (Wildman–Crippen MR) is 146 cm³/mol. The number of nitrogens with zero attached hydrogens (tertiary/aromatic N) is 2. The molecule has 0 aliphatic rings. The first-order valence-corrected chi connectivity index (χ1v) is 12.2. The lowest BCUT2D eigenvalue weighted by atomic mass is 10.1. The van der Waals surface area contributed by atoms with Gasteiger partial charge in [-0.15, -0.1) is 0 Å². The zero-order chi connectivity index (χ0) is 27.4. The van der Waals surface area contributed by atoms with Gasteiger partial charge >= 0.3 is 5.97 Å². The number of rotatable bonds is 9. The molecule has 0 aliphatic heterocycles. The van der Waals surface area contributed by atoms with Gasteiger partial charge in [-0.25, -0.2) is 9.78 Å². The number of methoxy groups -OCH3 is 2. The third-order valence-electron chi connectivity index (χ3n) is 5.92. The topological polar surface area (TPSA) is 114 Å².